The largest absolute Gasteiger partial charge is 0.335 e. The lowest BCUT2D eigenvalue weighted by Crippen LogP contribution is -2.61. The average Bonchev–Trinajstić information content (AvgIpc) is 2.91. The molecule has 2 unspecified atom stereocenters. The molecule has 5 heterocycles. The number of fused-ring (bicyclic) bond motifs is 3. The second-order valence-corrected chi connectivity index (χ2v) is 8.20. The SMILES string of the molecule is NC1OC2(CN3CCC2CC3)CN1c1cc2ccc(Br)cc2cn1. The van der Waals surface area contributed by atoms with E-state index in [9.17, 15) is 0 Å². The summed E-state index contributed by atoms with van der Waals surface area (Å²) in [4.78, 5) is 9.30. The predicted octanol–water partition coefficient (Wildman–Crippen LogP) is 2.54. The van der Waals surface area contributed by atoms with Gasteiger partial charge in [-0.2, -0.15) is 0 Å². The molecule has 24 heavy (non-hydrogen) atoms. The molecule has 4 aliphatic heterocycles. The van der Waals surface area contributed by atoms with Gasteiger partial charge in [0, 0.05) is 22.6 Å². The van der Waals surface area contributed by atoms with Crippen LogP contribution in [0.3, 0.4) is 0 Å². The fourth-order valence-electron chi connectivity index (χ4n) is 4.63. The Morgan fingerprint density at radius 3 is 2.75 bits per heavy atom. The van der Waals surface area contributed by atoms with Gasteiger partial charge in [0.15, 0.2) is 6.35 Å². The maximum absolute atomic E-state index is 6.35. The van der Waals surface area contributed by atoms with Crippen LogP contribution in [0.1, 0.15) is 12.8 Å². The fourth-order valence-corrected chi connectivity index (χ4v) is 5.01. The van der Waals surface area contributed by atoms with Gasteiger partial charge >= 0.3 is 0 Å². The van der Waals surface area contributed by atoms with Gasteiger partial charge in [-0.15, -0.1) is 0 Å². The van der Waals surface area contributed by atoms with Crippen LogP contribution in [0.15, 0.2) is 34.9 Å². The summed E-state index contributed by atoms with van der Waals surface area (Å²) in [5.41, 5.74) is 6.24. The van der Waals surface area contributed by atoms with Gasteiger partial charge in [0.25, 0.3) is 0 Å². The van der Waals surface area contributed by atoms with Crippen LogP contribution in [0.5, 0.6) is 0 Å². The Hall–Kier alpha value is -1.21. The quantitative estimate of drug-likeness (QED) is 0.813. The number of anilines is 1. The van der Waals surface area contributed by atoms with Gasteiger partial charge in [-0.3, -0.25) is 5.73 Å². The van der Waals surface area contributed by atoms with E-state index in [4.69, 9.17) is 10.5 Å². The molecule has 2 atom stereocenters. The highest BCUT2D eigenvalue weighted by Crippen LogP contribution is 2.43. The standard InChI is InChI=1S/C18H21BrN4O/c19-15-2-1-12-8-16(21-9-13(12)7-15)23-11-18(24-17(23)20)10-22-5-3-14(18)4-6-22/h1-2,7-9,14,17H,3-6,10-11,20H2. The van der Waals surface area contributed by atoms with Crippen LogP contribution in [0, 0.1) is 5.92 Å². The van der Waals surface area contributed by atoms with E-state index in [1.165, 1.54) is 31.3 Å². The molecule has 0 aliphatic carbocycles. The molecule has 0 saturated carbocycles. The molecule has 2 N–H and O–H groups in total. The van der Waals surface area contributed by atoms with E-state index in [2.05, 4.69) is 55.0 Å². The first-order chi connectivity index (χ1) is 11.6. The fraction of sp³-hybridized carbons (Fsp3) is 0.500. The van der Waals surface area contributed by atoms with E-state index in [1.807, 2.05) is 6.20 Å². The number of hydrogen-bond donors (Lipinski definition) is 1. The van der Waals surface area contributed by atoms with Gasteiger partial charge in [0.1, 0.15) is 11.4 Å². The topological polar surface area (TPSA) is 54.6 Å². The van der Waals surface area contributed by atoms with Gasteiger partial charge in [-0.05, 0) is 55.4 Å². The van der Waals surface area contributed by atoms with Crippen molar-refractivity contribution in [2.24, 2.45) is 11.7 Å². The van der Waals surface area contributed by atoms with Crippen molar-refractivity contribution in [1.29, 1.82) is 0 Å². The molecule has 4 saturated heterocycles. The van der Waals surface area contributed by atoms with Crippen LogP contribution in [0.4, 0.5) is 5.82 Å². The molecule has 4 fully saturated rings. The number of aromatic nitrogens is 1. The number of nitrogens with two attached hydrogens (primary N) is 1. The van der Waals surface area contributed by atoms with Crippen LogP contribution in [0.2, 0.25) is 0 Å². The van der Waals surface area contributed by atoms with Gasteiger partial charge < -0.3 is 14.5 Å². The van der Waals surface area contributed by atoms with Crippen molar-refractivity contribution in [3.8, 4) is 0 Å². The number of hydrogen-bond acceptors (Lipinski definition) is 5. The van der Waals surface area contributed by atoms with Crippen LogP contribution in [-0.2, 0) is 4.74 Å². The summed E-state index contributed by atoms with van der Waals surface area (Å²) in [5.74, 6) is 1.53. The number of pyridine rings is 1. The van der Waals surface area contributed by atoms with Crippen LogP contribution in [-0.4, -0.2) is 48.0 Å². The first kappa shape index (κ1) is 15.1. The highest BCUT2D eigenvalue weighted by Gasteiger charge is 2.54. The third-order valence-electron chi connectivity index (χ3n) is 5.89. The lowest BCUT2D eigenvalue weighted by atomic mass is 9.75. The molecule has 6 rings (SSSR count). The number of rotatable bonds is 1. The number of halogens is 1. The molecule has 2 bridgehead atoms. The Labute approximate surface area is 149 Å². The summed E-state index contributed by atoms with van der Waals surface area (Å²) >= 11 is 3.51. The zero-order valence-electron chi connectivity index (χ0n) is 13.5. The Balaban J connectivity index is 1.48. The summed E-state index contributed by atoms with van der Waals surface area (Å²) < 4.78 is 7.40. The molecule has 1 spiro atoms. The summed E-state index contributed by atoms with van der Waals surface area (Å²) in [6.07, 6.45) is 3.95. The molecular weight excluding hydrogens is 368 g/mol. The first-order valence-electron chi connectivity index (χ1n) is 8.61. The third-order valence-corrected chi connectivity index (χ3v) is 6.38. The smallest absolute Gasteiger partial charge is 0.186 e. The van der Waals surface area contributed by atoms with Crippen molar-refractivity contribution >= 4 is 32.5 Å². The zero-order valence-corrected chi connectivity index (χ0v) is 15.1. The van der Waals surface area contributed by atoms with E-state index in [0.717, 1.165) is 28.8 Å². The maximum atomic E-state index is 6.35. The minimum atomic E-state index is -0.411. The molecule has 2 aromatic rings. The summed E-state index contributed by atoms with van der Waals surface area (Å²) in [5, 5.41) is 2.30. The third kappa shape index (κ3) is 2.28. The van der Waals surface area contributed by atoms with Crippen LogP contribution >= 0.6 is 15.9 Å². The monoisotopic (exact) mass is 388 g/mol. The average molecular weight is 389 g/mol. The van der Waals surface area contributed by atoms with Gasteiger partial charge in [-0.25, -0.2) is 4.98 Å². The van der Waals surface area contributed by atoms with Crippen molar-refractivity contribution < 1.29 is 4.74 Å². The molecule has 0 amide bonds. The number of ether oxygens (including phenoxy) is 1. The lowest BCUT2D eigenvalue weighted by molar-refractivity contribution is -0.137. The lowest BCUT2D eigenvalue weighted by Gasteiger charge is -2.50. The molecular formula is C18H21BrN4O. The highest BCUT2D eigenvalue weighted by molar-refractivity contribution is 9.10. The highest BCUT2D eigenvalue weighted by atomic mass is 79.9. The first-order valence-corrected chi connectivity index (χ1v) is 9.40. The predicted molar refractivity (Wildman–Crippen MR) is 97.7 cm³/mol. The van der Waals surface area contributed by atoms with Crippen molar-refractivity contribution in [2.45, 2.75) is 24.8 Å². The molecule has 0 radical (unpaired) electrons. The minimum Gasteiger partial charge on any atom is -0.335 e. The molecule has 5 nitrogen and oxygen atoms in total. The van der Waals surface area contributed by atoms with Crippen LogP contribution in [0.25, 0.3) is 10.8 Å². The zero-order chi connectivity index (χ0) is 16.3. The van der Waals surface area contributed by atoms with E-state index in [1.54, 1.807) is 0 Å². The van der Waals surface area contributed by atoms with E-state index >= 15 is 0 Å². The molecule has 1 aromatic heterocycles. The Kier molecular flexibility index (Phi) is 3.39. The summed E-state index contributed by atoms with van der Waals surface area (Å²) in [6.45, 7) is 4.25. The van der Waals surface area contributed by atoms with Crippen molar-refractivity contribution in [1.82, 2.24) is 9.88 Å². The van der Waals surface area contributed by atoms with Crippen molar-refractivity contribution in [3.05, 3.63) is 34.9 Å². The van der Waals surface area contributed by atoms with E-state index in [-0.39, 0.29) is 5.60 Å². The van der Waals surface area contributed by atoms with Gasteiger partial charge in [0.2, 0.25) is 0 Å². The van der Waals surface area contributed by atoms with Gasteiger partial charge in [-0.1, -0.05) is 22.0 Å². The van der Waals surface area contributed by atoms with E-state index < -0.39 is 6.35 Å². The Bertz CT molecular complexity index is 792. The molecule has 6 heteroatoms. The Morgan fingerprint density at radius 1 is 1.17 bits per heavy atom. The number of benzene rings is 1. The number of piperidine rings is 3. The molecule has 1 aromatic carbocycles. The summed E-state index contributed by atoms with van der Waals surface area (Å²) in [6, 6.07) is 8.37. The Morgan fingerprint density at radius 2 is 2.00 bits per heavy atom. The number of nitrogens with zero attached hydrogens (tertiary/aromatic N) is 3. The van der Waals surface area contributed by atoms with Crippen LogP contribution < -0.4 is 10.6 Å². The minimum absolute atomic E-state index is 0.119. The van der Waals surface area contributed by atoms with E-state index in [0.29, 0.717) is 5.92 Å². The molecule has 4 aliphatic rings. The second kappa shape index (κ2) is 5.39. The normalized spacial score (nSPS) is 35.2. The molecule has 126 valence electrons. The maximum Gasteiger partial charge on any atom is 0.186 e. The summed E-state index contributed by atoms with van der Waals surface area (Å²) in [7, 11) is 0. The second-order valence-electron chi connectivity index (χ2n) is 7.29. The van der Waals surface area contributed by atoms with Crippen molar-refractivity contribution in [3.63, 3.8) is 0 Å². The van der Waals surface area contributed by atoms with Crippen molar-refractivity contribution in [2.75, 3.05) is 31.1 Å². The van der Waals surface area contributed by atoms with Gasteiger partial charge in [0.05, 0.1) is 6.54 Å².